The Morgan fingerprint density at radius 3 is 1.78 bits per heavy atom. The Morgan fingerprint density at radius 2 is 1.32 bits per heavy atom. The number of primary sulfonamides is 1. The van der Waals surface area contributed by atoms with Crippen molar-refractivity contribution in [3.05, 3.63) is 82.1 Å². The van der Waals surface area contributed by atoms with E-state index in [0.29, 0.717) is 11.4 Å². The quantitative estimate of drug-likeness (QED) is 0.112. The minimum Gasteiger partial charge on any atom is -0.350 e. The van der Waals surface area contributed by atoms with Crippen LogP contribution >= 0.6 is 0 Å². The SMILES string of the molecule is Cc1cc(C)[n+](NC(=O)c2[nH]c3ccc(S(N)(=O)=O)cc3c2-c2c(F)c(F)c(F)c(F)c2F)c(C)c1.[O-][Cl+3]([O-])([O-])[O-]. The summed E-state index contributed by atoms with van der Waals surface area (Å²) < 4.78 is 131. The van der Waals surface area contributed by atoms with Gasteiger partial charge in [0, 0.05) is 42.4 Å². The van der Waals surface area contributed by atoms with Crippen molar-refractivity contribution in [3.63, 3.8) is 0 Å². The number of nitrogens with zero attached hydrogens (tertiary/aromatic N) is 1. The minimum atomic E-state index is -4.94. The molecule has 4 aromatic rings. The highest BCUT2D eigenvalue weighted by Gasteiger charge is 2.33. The average Bonchev–Trinajstić information content (AvgIpc) is 3.21. The zero-order chi connectivity index (χ0) is 31.2. The molecule has 2 aromatic carbocycles. The number of benzene rings is 2. The zero-order valence-corrected chi connectivity index (χ0v) is 22.5. The summed E-state index contributed by atoms with van der Waals surface area (Å²) in [5.41, 5.74) is 1.82. The molecule has 0 radical (unpaired) electrons. The van der Waals surface area contributed by atoms with Crippen LogP contribution in [0.3, 0.4) is 0 Å². The van der Waals surface area contributed by atoms with Crippen LogP contribution in [0.15, 0.2) is 35.2 Å². The predicted octanol–water partition coefficient (Wildman–Crippen LogP) is -0.982. The standard InChI is InChI=1S/C23H17F5N4O3S.ClHO4/c1-9-6-10(2)32(11(3)7-9)31-23(33)22-15(16-17(24)19(26)21(28)20(27)18(16)25)13-8-12(36(29,34)35)4-5-14(13)30-22;2-1(3,4)5/h4-8H,1-3H3,(H3-,29,30,31,33,34,35);(H,2,3,4,5). The van der Waals surface area contributed by atoms with Crippen molar-refractivity contribution in [3.8, 4) is 11.1 Å². The number of amides is 1. The molecule has 4 rings (SSSR count). The van der Waals surface area contributed by atoms with Gasteiger partial charge in [-0.25, -0.2) is 54.1 Å². The van der Waals surface area contributed by atoms with Crippen LogP contribution in [-0.4, -0.2) is 19.3 Å². The number of aryl methyl sites for hydroxylation is 3. The Labute approximate surface area is 230 Å². The van der Waals surface area contributed by atoms with E-state index in [1.165, 1.54) is 4.68 Å². The maximum Gasteiger partial charge on any atom is 0.322 e. The van der Waals surface area contributed by atoms with Crippen LogP contribution in [0.1, 0.15) is 27.4 Å². The lowest BCUT2D eigenvalue weighted by atomic mass is 9.99. The van der Waals surface area contributed by atoms with Gasteiger partial charge in [-0.1, -0.05) is 4.68 Å². The lowest BCUT2D eigenvalue weighted by Gasteiger charge is -2.17. The molecule has 18 heteroatoms. The summed E-state index contributed by atoms with van der Waals surface area (Å²) in [6, 6.07) is 6.56. The first-order valence-corrected chi connectivity index (χ1v) is 13.6. The van der Waals surface area contributed by atoms with Gasteiger partial charge in [0.25, 0.3) is 0 Å². The minimum absolute atomic E-state index is 0.0196. The Morgan fingerprint density at radius 1 is 0.854 bits per heavy atom. The van der Waals surface area contributed by atoms with Gasteiger partial charge in [0.2, 0.25) is 27.2 Å². The predicted molar refractivity (Wildman–Crippen MR) is 119 cm³/mol. The van der Waals surface area contributed by atoms with Crippen molar-refractivity contribution in [2.45, 2.75) is 25.7 Å². The maximum atomic E-state index is 14.9. The molecular weight excluding hydrogens is 607 g/mol. The van der Waals surface area contributed by atoms with Crippen molar-refractivity contribution in [1.82, 2.24) is 4.98 Å². The number of fused-ring (bicyclic) bond motifs is 1. The van der Waals surface area contributed by atoms with Crippen LogP contribution in [-0.2, 0) is 10.0 Å². The first-order valence-electron chi connectivity index (χ1n) is 10.9. The Kier molecular flexibility index (Phi) is 8.75. The molecule has 0 aliphatic heterocycles. The molecule has 0 fully saturated rings. The van der Waals surface area contributed by atoms with Gasteiger partial charge < -0.3 is 4.98 Å². The van der Waals surface area contributed by atoms with Gasteiger partial charge in [-0.2, -0.15) is 0 Å². The Balaban J connectivity index is 0.000000850. The number of nitrogens with one attached hydrogen (secondary N) is 2. The van der Waals surface area contributed by atoms with E-state index < -0.39 is 77.0 Å². The third-order valence-electron chi connectivity index (χ3n) is 5.58. The number of hydrogen-bond donors (Lipinski definition) is 3. The molecule has 0 unspecified atom stereocenters. The van der Waals surface area contributed by atoms with Crippen LogP contribution in [0.2, 0.25) is 0 Å². The van der Waals surface area contributed by atoms with Gasteiger partial charge in [0.15, 0.2) is 23.3 Å². The highest BCUT2D eigenvalue weighted by atomic mass is 35.7. The summed E-state index contributed by atoms with van der Waals surface area (Å²) >= 11 is 0. The lowest BCUT2D eigenvalue weighted by molar-refractivity contribution is -2.00. The molecule has 41 heavy (non-hydrogen) atoms. The second kappa shape index (κ2) is 11.3. The fourth-order valence-electron chi connectivity index (χ4n) is 4.04. The Bertz CT molecular complexity index is 1750. The molecule has 0 bridgehead atoms. The largest absolute Gasteiger partial charge is 0.350 e. The topological polar surface area (TPSA) is 201 Å². The van der Waals surface area contributed by atoms with Crippen LogP contribution in [0.4, 0.5) is 22.0 Å². The van der Waals surface area contributed by atoms with Gasteiger partial charge in [0.05, 0.1) is 10.5 Å². The molecule has 0 aliphatic rings. The normalized spacial score (nSPS) is 11.8. The summed E-state index contributed by atoms with van der Waals surface area (Å²) in [7, 11) is -9.27. The van der Waals surface area contributed by atoms with E-state index in [9.17, 15) is 35.2 Å². The third-order valence-corrected chi connectivity index (χ3v) is 6.49. The van der Waals surface area contributed by atoms with Gasteiger partial charge >= 0.3 is 5.91 Å². The van der Waals surface area contributed by atoms with E-state index in [1.54, 1.807) is 26.0 Å². The number of hydrogen-bond acceptors (Lipinski definition) is 7. The number of sulfonamides is 1. The van der Waals surface area contributed by atoms with E-state index >= 15 is 0 Å². The average molecular weight is 625 g/mol. The number of carbonyl (C=O) groups excluding carboxylic acids is 1. The monoisotopic (exact) mass is 624 g/mol. The number of carbonyl (C=O) groups is 1. The van der Waals surface area contributed by atoms with E-state index in [0.717, 1.165) is 23.8 Å². The van der Waals surface area contributed by atoms with E-state index in [1.807, 2.05) is 6.92 Å². The summed E-state index contributed by atoms with van der Waals surface area (Å²) in [6.45, 7) is 5.18. The van der Waals surface area contributed by atoms with E-state index in [2.05, 4.69) is 10.4 Å². The smallest absolute Gasteiger partial charge is 0.322 e. The van der Waals surface area contributed by atoms with Crippen LogP contribution < -0.4 is 33.9 Å². The van der Waals surface area contributed by atoms with Crippen molar-refractivity contribution >= 4 is 26.8 Å². The van der Waals surface area contributed by atoms with Crippen LogP contribution in [0.25, 0.3) is 22.0 Å². The highest BCUT2D eigenvalue weighted by molar-refractivity contribution is 7.89. The Hall–Kier alpha value is -3.71. The van der Waals surface area contributed by atoms with E-state index in [4.69, 9.17) is 23.8 Å². The van der Waals surface area contributed by atoms with Crippen molar-refractivity contribution in [1.29, 1.82) is 0 Å². The molecule has 0 saturated heterocycles. The first kappa shape index (κ1) is 31.8. The van der Waals surface area contributed by atoms with Gasteiger partial charge in [-0.3, -0.25) is 4.79 Å². The summed E-state index contributed by atoms with van der Waals surface area (Å²) in [4.78, 5) is 15.4. The van der Waals surface area contributed by atoms with Crippen LogP contribution in [0, 0.1) is 60.1 Å². The highest BCUT2D eigenvalue weighted by Crippen LogP contribution is 2.39. The molecule has 4 N–H and O–H groups in total. The maximum absolute atomic E-state index is 14.9. The third kappa shape index (κ3) is 6.79. The van der Waals surface area contributed by atoms with Crippen LogP contribution in [0.5, 0.6) is 0 Å². The fourth-order valence-corrected chi connectivity index (χ4v) is 4.58. The molecule has 1 amide bonds. The van der Waals surface area contributed by atoms with Gasteiger partial charge in [-0.15, -0.1) is 15.7 Å². The number of halogens is 6. The van der Waals surface area contributed by atoms with E-state index in [-0.39, 0.29) is 10.9 Å². The molecule has 11 nitrogen and oxygen atoms in total. The summed E-state index contributed by atoms with van der Waals surface area (Å²) in [5, 5.41) is 4.83. The second-order valence-corrected chi connectivity index (χ2v) is 10.9. The molecule has 0 saturated carbocycles. The lowest BCUT2D eigenvalue weighted by Crippen LogP contribution is -2.68. The summed E-state index contributed by atoms with van der Waals surface area (Å²) in [5.74, 6) is -12.2. The number of aromatic nitrogens is 2. The van der Waals surface area contributed by atoms with Gasteiger partial charge in [-0.05, 0) is 30.7 Å². The molecule has 0 spiro atoms. The first-order chi connectivity index (χ1) is 18.7. The zero-order valence-electron chi connectivity index (χ0n) is 20.9. The van der Waals surface area contributed by atoms with Crippen molar-refractivity contribution < 1.29 is 68.7 Å². The molecule has 0 aliphatic carbocycles. The molecular formula is C23H18ClF5N4O7S. The molecule has 0 atom stereocenters. The number of nitrogens with two attached hydrogens (primary N) is 1. The van der Waals surface area contributed by atoms with Crippen molar-refractivity contribution in [2.24, 2.45) is 5.14 Å². The molecule has 2 aromatic heterocycles. The summed E-state index contributed by atoms with van der Waals surface area (Å²) in [6.07, 6.45) is 0. The number of aromatic amines is 1. The van der Waals surface area contributed by atoms with Gasteiger partial charge in [0.1, 0.15) is 5.69 Å². The number of H-pyrrole nitrogens is 1. The molecule has 2 heterocycles. The fraction of sp³-hybridized carbons (Fsp3) is 0.130. The second-order valence-electron chi connectivity index (χ2n) is 8.54. The number of rotatable bonds is 4. The van der Waals surface area contributed by atoms with Crippen molar-refractivity contribution in [2.75, 3.05) is 5.43 Å². The number of pyridine rings is 1. The molecule has 220 valence electrons.